The van der Waals surface area contributed by atoms with E-state index in [-0.39, 0.29) is 11.6 Å². The van der Waals surface area contributed by atoms with E-state index in [9.17, 15) is 4.79 Å². The van der Waals surface area contributed by atoms with Gasteiger partial charge in [-0.3, -0.25) is 9.48 Å². The van der Waals surface area contributed by atoms with Gasteiger partial charge in [-0.05, 0) is 18.9 Å². The van der Waals surface area contributed by atoms with Crippen molar-refractivity contribution < 1.29 is 4.74 Å². The SMILES string of the molecule is CC(N)COc1cnn(CCc2cnn(C)c2)c(=O)c1. The molecule has 0 aromatic carbocycles. The Morgan fingerprint density at radius 1 is 1.40 bits per heavy atom. The molecule has 1 unspecified atom stereocenters. The minimum absolute atomic E-state index is 0.0805. The molecule has 20 heavy (non-hydrogen) atoms. The van der Waals surface area contributed by atoms with Gasteiger partial charge in [0, 0.05) is 31.9 Å². The predicted molar refractivity (Wildman–Crippen MR) is 74.6 cm³/mol. The van der Waals surface area contributed by atoms with Crippen LogP contribution in [0.4, 0.5) is 0 Å². The number of aryl methyl sites for hydroxylation is 3. The molecule has 2 N–H and O–H groups in total. The minimum Gasteiger partial charge on any atom is -0.490 e. The molecule has 2 heterocycles. The van der Waals surface area contributed by atoms with Crippen molar-refractivity contribution >= 4 is 0 Å². The Labute approximate surface area is 117 Å². The first-order valence-corrected chi connectivity index (χ1v) is 6.47. The van der Waals surface area contributed by atoms with Gasteiger partial charge in [0.05, 0.1) is 12.4 Å². The maximum absolute atomic E-state index is 11.9. The Kier molecular flexibility index (Phi) is 4.52. The van der Waals surface area contributed by atoms with Crippen molar-refractivity contribution in [2.45, 2.75) is 25.9 Å². The van der Waals surface area contributed by atoms with E-state index in [0.29, 0.717) is 25.3 Å². The summed E-state index contributed by atoms with van der Waals surface area (Å²) in [6.45, 7) is 2.71. The topological polar surface area (TPSA) is 88.0 Å². The highest BCUT2D eigenvalue weighted by molar-refractivity contribution is 5.13. The number of nitrogens with zero attached hydrogens (tertiary/aromatic N) is 4. The van der Waals surface area contributed by atoms with Gasteiger partial charge in [-0.25, -0.2) is 4.68 Å². The van der Waals surface area contributed by atoms with Gasteiger partial charge in [0.15, 0.2) is 0 Å². The van der Waals surface area contributed by atoms with Crippen LogP contribution in [0.1, 0.15) is 12.5 Å². The molecule has 108 valence electrons. The zero-order valence-corrected chi connectivity index (χ0v) is 11.7. The van der Waals surface area contributed by atoms with Crippen molar-refractivity contribution in [2.75, 3.05) is 6.61 Å². The lowest BCUT2D eigenvalue weighted by Gasteiger charge is -2.09. The summed E-state index contributed by atoms with van der Waals surface area (Å²) in [5, 5.41) is 8.17. The molecule has 0 fully saturated rings. The monoisotopic (exact) mass is 277 g/mol. The molecule has 0 aliphatic heterocycles. The summed E-state index contributed by atoms with van der Waals surface area (Å²) < 4.78 is 8.50. The van der Waals surface area contributed by atoms with Crippen molar-refractivity contribution in [3.05, 3.63) is 40.6 Å². The zero-order valence-electron chi connectivity index (χ0n) is 11.7. The largest absolute Gasteiger partial charge is 0.490 e. The highest BCUT2D eigenvalue weighted by Gasteiger charge is 2.04. The Morgan fingerprint density at radius 3 is 2.80 bits per heavy atom. The molecule has 0 amide bonds. The smallest absolute Gasteiger partial charge is 0.270 e. The fourth-order valence-corrected chi connectivity index (χ4v) is 1.73. The number of aromatic nitrogens is 4. The van der Waals surface area contributed by atoms with E-state index in [1.54, 1.807) is 10.9 Å². The van der Waals surface area contributed by atoms with Gasteiger partial charge in [0.25, 0.3) is 5.56 Å². The van der Waals surface area contributed by atoms with E-state index >= 15 is 0 Å². The molecule has 0 aliphatic rings. The summed E-state index contributed by atoms with van der Waals surface area (Å²) in [6, 6.07) is 1.35. The molecule has 2 aromatic heterocycles. The summed E-state index contributed by atoms with van der Waals surface area (Å²) in [5.74, 6) is 0.449. The molecular formula is C13H19N5O2. The van der Waals surface area contributed by atoms with E-state index in [2.05, 4.69) is 10.2 Å². The second-order valence-corrected chi connectivity index (χ2v) is 4.81. The highest BCUT2D eigenvalue weighted by Crippen LogP contribution is 2.04. The van der Waals surface area contributed by atoms with Gasteiger partial charge < -0.3 is 10.5 Å². The third-order valence-corrected chi connectivity index (χ3v) is 2.73. The maximum Gasteiger partial charge on any atom is 0.270 e. The summed E-state index contributed by atoms with van der Waals surface area (Å²) in [7, 11) is 1.86. The standard InChI is InChI=1S/C13H19N5O2/c1-10(14)9-20-12-5-13(19)18(16-7-12)4-3-11-6-15-17(2)8-11/h5-8,10H,3-4,9,14H2,1-2H3. The van der Waals surface area contributed by atoms with Crippen molar-refractivity contribution in [1.82, 2.24) is 19.6 Å². The number of nitrogens with two attached hydrogens (primary N) is 1. The van der Waals surface area contributed by atoms with Crippen LogP contribution in [0.15, 0.2) is 29.5 Å². The van der Waals surface area contributed by atoms with Gasteiger partial charge in [-0.15, -0.1) is 0 Å². The molecule has 0 radical (unpaired) electrons. The second-order valence-electron chi connectivity index (χ2n) is 4.81. The first kappa shape index (κ1) is 14.3. The predicted octanol–water partition coefficient (Wildman–Crippen LogP) is -0.0545. The normalized spacial score (nSPS) is 12.3. The van der Waals surface area contributed by atoms with E-state index < -0.39 is 0 Å². The number of hydrogen-bond acceptors (Lipinski definition) is 5. The first-order valence-electron chi connectivity index (χ1n) is 6.47. The lowest BCUT2D eigenvalue weighted by atomic mass is 10.2. The molecule has 2 aromatic rings. The van der Waals surface area contributed by atoms with Crippen molar-refractivity contribution in [3.8, 4) is 5.75 Å². The fourth-order valence-electron chi connectivity index (χ4n) is 1.73. The Balaban J connectivity index is 1.97. The number of rotatable bonds is 6. The van der Waals surface area contributed by atoms with Crippen molar-refractivity contribution in [1.29, 1.82) is 0 Å². The molecule has 7 nitrogen and oxygen atoms in total. The van der Waals surface area contributed by atoms with Crippen LogP contribution < -0.4 is 16.0 Å². The van der Waals surface area contributed by atoms with Crippen LogP contribution in [-0.2, 0) is 20.0 Å². The van der Waals surface area contributed by atoms with Crippen LogP contribution in [0.25, 0.3) is 0 Å². The Bertz CT molecular complexity index is 617. The molecule has 0 spiro atoms. The quantitative estimate of drug-likeness (QED) is 0.799. The van der Waals surface area contributed by atoms with Gasteiger partial charge in [0.2, 0.25) is 0 Å². The number of hydrogen-bond donors (Lipinski definition) is 1. The summed E-state index contributed by atoms with van der Waals surface area (Å²) in [6.07, 6.45) is 5.95. The fraction of sp³-hybridized carbons (Fsp3) is 0.462. The zero-order chi connectivity index (χ0) is 14.5. The number of ether oxygens (including phenoxy) is 1. The van der Waals surface area contributed by atoms with Gasteiger partial charge in [-0.2, -0.15) is 10.2 Å². The molecule has 2 rings (SSSR count). The summed E-state index contributed by atoms with van der Waals surface area (Å²) in [5.41, 5.74) is 6.47. The molecule has 1 atom stereocenters. The molecular weight excluding hydrogens is 258 g/mol. The summed E-state index contributed by atoms with van der Waals surface area (Å²) in [4.78, 5) is 11.9. The van der Waals surface area contributed by atoms with E-state index in [1.165, 1.54) is 16.9 Å². The third-order valence-electron chi connectivity index (χ3n) is 2.73. The van der Waals surface area contributed by atoms with Crippen LogP contribution in [0.2, 0.25) is 0 Å². The molecule has 0 saturated heterocycles. The van der Waals surface area contributed by atoms with E-state index in [1.807, 2.05) is 20.2 Å². The van der Waals surface area contributed by atoms with Crippen LogP contribution in [0.5, 0.6) is 5.75 Å². The van der Waals surface area contributed by atoms with Crippen LogP contribution in [0, 0.1) is 0 Å². The molecule has 0 saturated carbocycles. The maximum atomic E-state index is 11.9. The van der Waals surface area contributed by atoms with Crippen molar-refractivity contribution in [3.63, 3.8) is 0 Å². The third kappa shape index (κ3) is 3.92. The van der Waals surface area contributed by atoms with Gasteiger partial charge in [-0.1, -0.05) is 0 Å². The molecule has 7 heteroatoms. The lowest BCUT2D eigenvalue weighted by molar-refractivity contribution is 0.292. The van der Waals surface area contributed by atoms with Crippen LogP contribution >= 0.6 is 0 Å². The van der Waals surface area contributed by atoms with Crippen molar-refractivity contribution in [2.24, 2.45) is 12.8 Å². The van der Waals surface area contributed by atoms with E-state index in [4.69, 9.17) is 10.5 Å². The lowest BCUT2D eigenvalue weighted by Crippen LogP contribution is -2.26. The molecule has 0 bridgehead atoms. The highest BCUT2D eigenvalue weighted by atomic mass is 16.5. The average molecular weight is 277 g/mol. The first-order chi connectivity index (χ1) is 9.54. The van der Waals surface area contributed by atoms with E-state index in [0.717, 1.165) is 5.56 Å². The van der Waals surface area contributed by atoms with Gasteiger partial charge >= 0.3 is 0 Å². The second kappa shape index (κ2) is 6.33. The average Bonchev–Trinajstić information content (AvgIpc) is 2.81. The molecule has 0 aliphatic carbocycles. The van der Waals surface area contributed by atoms with Crippen LogP contribution in [-0.4, -0.2) is 32.2 Å². The Hall–Kier alpha value is -2.15. The van der Waals surface area contributed by atoms with Gasteiger partial charge in [0.1, 0.15) is 12.4 Å². The Morgan fingerprint density at radius 2 is 2.20 bits per heavy atom. The minimum atomic E-state index is -0.184. The summed E-state index contributed by atoms with van der Waals surface area (Å²) >= 11 is 0. The van der Waals surface area contributed by atoms with Crippen LogP contribution in [0.3, 0.4) is 0 Å².